The topological polar surface area (TPSA) is 78.1 Å². The number of anilines is 1. The second kappa shape index (κ2) is 7.23. The highest BCUT2D eigenvalue weighted by molar-refractivity contribution is 5.98. The summed E-state index contributed by atoms with van der Waals surface area (Å²) in [5.74, 6) is 0.0520. The fourth-order valence-corrected chi connectivity index (χ4v) is 3.80. The number of carbonyl (C=O) groups excluding carboxylic acids is 2. The molecule has 4 rings (SSSR count). The predicted molar refractivity (Wildman–Crippen MR) is 105 cm³/mol. The Morgan fingerprint density at radius 3 is 2.81 bits per heavy atom. The summed E-state index contributed by atoms with van der Waals surface area (Å²) < 4.78 is 0. The standard InChI is InChI=1S/C21H22N4O2/c1-14(26)23-19-12-22-24-20(19)18-7-4-10-25(13-18)21(27)17-9-8-15-5-2-3-6-16(15)11-17/h2-3,5-6,8-9,11-12,18H,4,7,10,13H2,1H3,(H,22,24)(H,23,26)/t18-/m1/s1. The zero-order valence-corrected chi connectivity index (χ0v) is 15.2. The van der Waals surface area contributed by atoms with E-state index < -0.39 is 0 Å². The molecular weight excluding hydrogens is 340 g/mol. The number of amides is 2. The van der Waals surface area contributed by atoms with Gasteiger partial charge in [0.2, 0.25) is 5.91 Å². The maximum atomic E-state index is 13.1. The van der Waals surface area contributed by atoms with Crippen LogP contribution >= 0.6 is 0 Å². The van der Waals surface area contributed by atoms with Crippen LogP contribution in [0.15, 0.2) is 48.7 Å². The quantitative estimate of drug-likeness (QED) is 0.748. The van der Waals surface area contributed by atoms with Crippen LogP contribution in [-0.4, -0.2) is 40.0 Å². The van der Waals surface area contributed by atoms with Crippen LogP contribution in [0.2, 0.25) is 0 Å². The van der Waals surface area contributed by atoms with Crippen LogP contribution < -0.4 is 5.32 Å². The third-order valence-electron chi connectivity index (χ3n) is 5.09. The molecule has 6 heteroatoms. The molecular formula is C21H22N4O2. The van der Waals surface area contributed by atoms with Crippen LogP contribution in [0, 0.1) is 0 Å². The molecule has 0 bridgehead atoms. The minimum Gasteiger partial charge on any atom is -0.338 e. The van der Waals surface area contributed by atoms with E-state index in [9.17, 15) is 9.59 Å². The Morgan fingerprint density at radius 2 is 2.00 bits per heavy atom. The van der Waals surface area contributed by atoms with E-state index in [4.69, 9.17) is 0 Å². The molecule has 0 radical (unpaired) electrons. The molecule has 0 spiro atoms. The van der Waals surface area contributed by atoms with Gasteiger partial charge in [-0.15, -0.1) is 0 Å². The highest BCUT2D eigenvalue weighted by Crippen LogP contribution is 2.31. The van der Waals surface area contributed by atoms with Crippen LogP contribution in [0.25, 0.3) is 10.8 Å². The summed E-state index contributed by atoms with van der Waals surface area (Å²) in [6.07, 6.45) is 3.50. The van der Waals surface area contributed by atoms with Gasteiger partial charge in [0, 0.05) is 31.5 Å². The van der Waals surface area contributed by atoms with Crippen molar-refractivity contribution in [3.8, 4) is 0 Å². The van der Waals surface area contributed by atoms with Crippen LogP contribution in [-0.2, 0) is 4.79 Å². The first-order chi connectivity index (χ1) is 13.1. The number of carbonyl (C=O) groups is 2. The molecule has 1 aromatic heterocycles. The third kappa shape index (κ3) is 3.56. The number of likely N-dealkylation sites (tertiary alicyclic amines) is 1. The van der Waals surface area contributed by atoms with Gasteiger partial charge in [0.25, 0.3) is 5.91 Å². The fourth-order valence-electron chi connectivity index (χ4n) is 3.80. The van der Waals surface area contributed by atoms with Gasteiger partial charge in [-0.05, 0) is 35.7 Å². The Bertz CT molecular complexity index is 995. The van der Waals surface area contributed by atoms with Gasteiger partial charge in [0.1, 0.15) is 0 Å². The Balaban J connectivity index is 1.54. The van der Waals surface area contributed by atoms with Crippen molar-refractivity contribution in [3.63, 3.8) is 0 Å². The van der Waals surface area contributed by atoms with Crippen molar-refractivity contribution in [2.75, 3.05) is 18.4 Å². The van der Waals surface area contributed by atoms with Gasteiger partial charge in [-0.1, -0.05) is 30.3 Å². The number of nitrogens with one attached hydrogen (secondary N) is 2. The van der Waals surface area contributed by atoms with E-state index >= 15 is 0 Å². The molecule has 2 heterocycles. The van der Waals surface area contributed by atoms with Gasteiger partial charge < -0.3 is 10.2 Å². The number of H-pyrrole nitrogens is 1. The Morgan fingerprint density at radius 1 is 1.19 bits per heavy atom. The highest BCUT2D eigenvalue weighted by Gasteiger charge is 2.28. The first kappa shape index (κ1) is 17.3. The van der Waals surface area contributed by atoms with Gasteiger partial charge >= 0.3 is 0 Å². The monoisotopic (exact) mass is 362 g/mol. The molecule has 1 aliphatic heterocycles. The first-order valence-electron chi connectivity index (χ1n) is 9.21. The molecule has 0 unspecified atom stereocenters. The normalized spacial score (nSPS) is 17.1. The van der Waals surface area contributed by atoms with Gasteiger partial charge in [0.05, 0.1) is 17.6 Å². The molecule has 1 aliphatic rings. The van der Waals surface area contributed by atoms with Crippen LogP contribution in [0.5, 0.6) is 0 Å². The molecule has 0 aliphatic carbocycles. The molecule has 1 saturated heterocycles. The molecule has 0 saturated carbocycles. The lowest BCUT2D eigenvalue weighted by Crippen LogP contribution is -2.39. The van der Waals surface area contributed by atoms with Gasteiger partial charge in [-0.3, -0.25) is 14.7 Å². The molecule has 1 atom stereocenters. The van der Waals surface area contributed by atoms with Crippen molar-refractivity contribution < 1.29 is 9.59 Å². The van der Waals surface area contributed by atoms with Crippen molar-refractivity contribution in [3.05, 3.63) is 59.9 Å². The van der Waals surface area contributed by atoms with Crippen molar-refractivity contribution in [2.24, 2.45) is 0 Å². The smallest absolute Gasteiger partial charge is 0.253 e. The van der Waals surface area contributed by atoms with E-state index in [0.29, 0.717) is 17.8 Å². The fraction of sp³-hybridized carbons (Fsp3) is 0.286. The summed E-state index contributed by atoms with van der Waals surface area (Å²) in [7, 11) is 0. The number of aromatic amines is 1. The van der Waals surface area contributed by atoms with E-state index in [0.717, 1.165) is 35.9 Å². The van der Waals surface area contributed by atoms with Crippen molar-refractivity contribution in [1.29, 1.82) is 0 Å². The van der Waals surface area contributed by atoms with Gasteiger partial charge in [-0.25, -0.2) is 0 Å². The van der Waals surface area contributed by atoms with Crippen molar-refractivity contribution in [2.45, 2.75) is 25.7 Å². The zero-order valence-electron chi connectivity index (χ0n) is 15.2. The largest absolute Gasteiger partial charge is 0.338 e. The maximum Gasteiger partial charge on any atom is 0.253 e. The van der Waals surface area contributed by atoms with E-state index in [1.165, 1.54) is 6.92 Å². The molecule has 2 aromatic carbocycles. The van der Waals surface area contributed by atoms with Gasteiger partial charge in [-0.2, -0.15) is 5.10 Å². The second-order valence-corrected chi connectivity index (χ2v) is 7.03. The maximum absolute atomic E-state index is 13.1. The number of hydrogen-bond acceptors (Lipinski definition) is 3. The molecule has 6 nitrogen and oxygen atoms in total. The minimum absolute atomic E-state index is 0.0473. The summed E-state index contributed by atoms with van der Waals surface area (Å²) in [6.45, 7) is 2.83. The zero-order chi connectivity index (χ0) is 18.8. The Labute approximate surface area is 157 Å². The number of hydrogen-bond donors (Lipinski definition) is 2. The summed E-state index contributed by atoms with van der Waals surface area (Å²) in [4.78, 5) is 26.3. The Hall–Kier alpha value is -3.15. The lowest BCUT2D eigenvalue weighted by Gasteiger charge is -2.32. The van der Waals surface area contributed by atoms with E-state index in [2.05, 4.69) is 15.5 Å². The molecule has 1 fully saturated rings. The average Bonchev–Trinajstić information content (AvgIpc) is 3.14. The SMILES string of the molecule is CC(=O)Nc1cn[nH]c1[C@@H]1CCCN(C(=O)c2ccc3ccccc3c2)C1. The van der Waals surface area contributed by atoms with E-state index in [1.807, 2.05) is 47.4 Å². The molecule has 2 amide bonds. The number of nitrogens with zero attached hydrogens (tertiary/aromatic N) is 2. The number of benzene rings is 2. The van der Waals surface area contributed by atoms with Gasteiger partial charge in [0.15, 0.2) is 0 Å². The van der Waals surface area contributed by atoms with E-state index in [1.54, 1.807) is 6.20 Å². The predicted octanol–water partition coefficient (Wildman–Crippen LogP) is 3.54. The number of rotatable bonds is 3. The lowest BCUT2D eigenvalue weighted by molar-refractivity contribution is -0.114. The Kier molecular flexibility index (Phi) is 4.62. The molecule has 138 valence electrons. The van der Waals surface area contributed by atoms with E-state index in [-0.39, 0.29) is 17.7 Å². The highest BCUT2D eigenvalue weighted by atomic mass is 16.2. The summed E-state index contributed by atoms with van der Waals surface area (Å²) in [5.41, 5.74) is 2.30. The van der Waals surface area contributed by atoms with Crippen molar-refractivity contribution >= 4 is 28.3 Å². The number of aromatic nitrogens is 2. The number of piperidine rings is 1. The number of fused-ring (bicyclic) bond motifs is 1. The first-order valence-corrected chi connectivity index (χ1v) is 9.21. The van der Waals surface area contributed by atoms with Crippen LogP contribution in [0.3, 0.4) is 0 Å². The summed E-state index contributed by atoms with van der Waals surface area (Å²) in [6, 6.07) is 13.9. The average molecular weight is 362 g/mol. The second-order valence-electron chi connectivity index (χ2n) is 7.03. The van der Waals surface area contributed by atoms with Crippen LogP contribution in [0.4, 0.5) is 5.69 Å². The third-order valence-corrected chi connectivity index (χ3v) is 5.09. The summed E-state index contributed by atoms with van der Waals surface area (Å²) >= 11 is 0. The summed E-state index contributed by atoms with van der Waals surface area (Å²) in [5, 5.41) is 12.1. The molecule has 3 aromatic rings. The van der Waals surface area contributed by atoms with Crippen LogP contribution in [0.1, 0.15) is 41.7 Å². The lowest BCUT2D eigenvalue weighted by atomic mass is 9.93. The minimum atomic E-state index is -0.127. The van der Waals surface area contributed by atoms with Crippen molar-refractivity contribution in [1.82, 2.24) is 15.1 Å². The molecule has 2 N–H and O–H groups in total. The molecule has 27 heavy (non-hydrogen) atoms.